The smallest absolute Gasteiger partial charge is 0.161 e. The third kappa shape index (κ3) is 2.94. The molecule has 106 valence electrons. The summed E-state index contributed by atoms with van der Waals surface area (Å²) in [6, 6.07) is 12.5. The minimum atomic E-state index is 0.754. The third-order valence-electron chi connectivity index (χ3n) is 3.31. The maximum atomic E-state index is 5.42. The predicted octanol–water partition coefficient (Wildman–Crippen LogP) is 3.40. The highest BCUT2D eigenvalue weighted by atomic mass is 16.5. The summed E-state index contributed by atoms with van der Waals surface area (Å²) in [6.45, 7) is 2.88. The van der Waals surface area contributed by atoms with E-state index in [2.05, 4.69) is 36.5 Å². The molecule has 0 fully saturated rings. The van der Waals surface area contributed by atoms with E-state index in [-0.39, 0.29) is 0 Å². The lowest BCUT2D eigenvalue weighted by molar-refractivity contribution is 0.354. The highest BCUT2D eigenvalue weighted by Crippen LogP contribution is 2.35. The van der Waals surface area contributed by atoms with Crippen LogP contribution in [0.25, 0.3) is 11.1 Å². The molecule has 0 bridgehead atoms. The van der Waals surface area contributed by atoms with Gasteiger partial charge in [-0.15, -0.1) is 0 Å². The molecule has 0 aliphatic heterocycles. The first-order valence-corrected chi connectivity index (χ1v) is 6.66. The molecule has 0 saturated heterocycles. The van der Waals surface area contributed by atoms with Gasteiger partial charge in [0.1, 0.15) is 0 Å². The second kappa shape index (κ2) is 6.44. The minimum absolute atomic E-state index is 0.754. The van der Waals surface area contributed by atoms with Gasteiger partial charge >= 0.3 is 0 Å². The largest absolute Gasteiger partial charge is 0.493 e. The summed E-state index contributed by atoms with van der Waals surface area (Å²) in [5, 5.41) is 3.20. The van der Waals surface area contributed by atoms with E-state index >= 15 is 0 Å². The quantitative estimate of drug-likeness (QED) is 0.904. The fourth-order valence-electron chi connectivity index (χ4n) is 2.34. The molecule has 0 aliphatic carbocycles. The first-order chi connectivity index (χ1) is 9.69. The van der Waals surface area contributed by atoms with Crippen molar-refractivity contribution in [2.24, 2.45) is 0 Å². The number of nitrogens with one attached hydrogen (secondary N) is 1. The molecule has 0 spiro atoms. The van der Waals surface area contributed by atoms with Gasteiger partial charge in [-0.25, -0.2) is 0 Å². The van der Waals surface area contributed by atoms with Gasteiger partial charge in [-0.05, 0) is 42.8 Å². The van der Waals surface area contributed by atoms with Crippen molar-refractivity contribution in [1.82, 2.24) is 5.32 Å². The average molecular weight is 271 g/mol. The number of hydrogen-bond donors (Lipinski definition) is 1. The molecule has 0 heterocycles. The Kier molecular flexibility index (Phi) is 4.64. The van der Waals surface area contributed by atoms with Gasteiger partial charge in [0.2, 0.25) is 0 Å². The Morgan fingerprint density at radius 2 is 1.70 bits per heavy atom. The lowest BCUT2D eigenvalue weighted by Crippen LogP contribution is -2.07. The predicted molar refractivity (Wildman–Crippen MR) is 82.5 cm³/mol. The van der Waals surface area contributed by atoms with E-state index in [1.807, 2.05) is 19.2 Å². The maximum absolute atomic E-state index is 5.42. The van der Waals surface area contributed by atoms with E-state index in [4.69, 9.17) is 9.47 Å². The molecule has 2 aromatic carbocycles. The van der Waals surface area contributed by atoms with Crippen molar-refractivity contribution in [3.63, 3.8) is 0 Å². The van der Waals surface area contributed by atoms with Crippen molar-refractivity contribution >= 4 is 0 Å². The Morgan fingerprint density at radius 1 is 1.00 bits per heavy atom. The summed E-state index contributed by atoms with van der Waals surface area (Å²) in [6.07, 6.45) is 0. The van der Waals surface area contributed by atoms with Gasteiger partial charge in [-0.1, -0.05) is 29.8 Å². The molecule has 20 heavy (non-hydrogen) atoms. The van der Waals surface area contributed by atoms with Crippen molar-refractivity contribution in [1.29, 1.82) is 0 Å². The van der Waals surface area contributed by atoms with Crippen LogP contribution >= 0.6 is 0 Å². The number of rotatable bonds is 5. The van der Waals surface area contributed by atoms with Gasteiger partial charge in [-0.3, -0.25) is 0 Å². The maximum Gasteiger partial charge on any atom is 0.161 e. The van der Waals surface area contributed by atoms with Crippen LogP contribution in [-0.4, -0.2) is 21.3 Å². The summed E-state index contributed by atoms with van der Waals surface area (Å²) in [5.41, 5.74) is 4.79. The Balaban J connectivity index is 2.60. The van der Waals surface area contributed by atoms with Crippen LogP contribution in [0.5, 0.6) is 11.5 Å². The van der Waals surface area contributed by atoms with Gasteiger partial charge in [0.25, 0.3) is 0 Å². The molecule has 3 heteroatoms. The summed E-state index contributed by atoms with van der Waals surface area (Å²) in [7, 11) is 5.26. The van der Waals surface area contributed by atoms with E-state index < -0.39 is 0 Å². The third-order valence-corrected chi connectivity index (χ3v) is 3.31. The first-order valence-electron chi connectivity index (χ1n) is 6.66. The van der Waals surface area contributed by atoms with Crippen LogP contribution in [-0.2, 0) is 6.54 Å². The number of hydrogen-bond acceptors (Lipinski definition) is 3. The van der Waals surface area contributed by atoms with Crippen LogP contribution < -0.4 is 14.8 Å². The second-order valence-electron chi connectivity index (χ2n) is 4.76. The number of ether oxygens (including phenoxy) is 2. The van der Waals surface area contributed by atoms with Crippen molar-refractivity contribution < 1.29 is 9.47 Å². The van der Waals surface area contributed by atoms with E-state index in [1.54, 1.807) is 14.2 Å². The van der Waals surface area contributed by atoms with Crippen LogP contribution in [0.3, 0.4) is 0 Å². The van der Waals surface area contributed by atoms with Gasteiger partial charge in [0.15, 0.2) is 11.5 Å². The lowest BCUT2D eigenvalue weighted by Gasteiger charge is -2.15. The van der Waals surface area contributed by atoms with Gasteiger partial charge in [-0.2, -0.15) is 0 Å². The Hall–Kier alpha value is -2.00. The normalized spacial score (nSPS) is 10.4. The molecule has 0 aliphatic rings. The van der Waals surface area contributed by atoms with Crippen molar-refractivity contribution in [3.8, 4) is 22.6 Å². The molecule has 1 N–H and O–H groups in total. The van der Waals surface area contributed by atoms with E-state index in [1.165, 1.54) is 22.3 Å². The van der Waals surface area contributed by atoms with Gasteiger partial charge in [0.05, 0.1) is 14.2 Å². The molecule has 0 atom stereocenters. The van der Waals surface area contributed by atoms with Crippen LogP contribution in [0, 0.1) is 6.92 Å². The van der Waals surface area contributed by atoms with E-state index in [9.17, 15) is 0 Å². The molecular formula is C17H21NO2. The highest BCUT2D eigenvalue weighted by molar-refractivity contribution is 5.71. The molecule has 0 unspecified atom stereocenters. The molecular weight excluding hydrogens is 250 g/mol. The van der Waals surface area contributed by atoms with E-state index in [0.29, 0.717) is 0 Å². The first kappa shape index (κ1) is 14.4. The van der Waals surface area contributed by atoms with Crippen LogP contribution in [0.15, 0.2) is 36.4 Å². The van der Waals surface area contributed by atoms with Crippen LogP contribution in [0.1, 0.15) is 11.1 Å². The average Bonchev–Trinajstić information content (AvgIpc) is 2.47. The molecule has 2 rings (SSSR count). The van der Waals surface area contributed by atoms with Crippen LogP contribution in [0.4, 0.5) is 0 Å². The second-order valence-corrected chi connectivity index (χ2v) is 4.76. The number of aryl methyl sites for hydroxylation is 1. The molecule has 2 aromatic rings. The zero-order chi connectivity index (χ0) is 14.5. The zero-order valence-corrected chi connectivity index (χ0v) is 12.5. The summed E-state index contributed by atoms with van der Waals surface area (Å²) < 4.78 is 10.8. The molecule has 0 aromatic heterocycles. The van der Waals surface area contributed by atoms with E-state index in [0.717, 1.165) is 18.0 Å². The van der Waals surface area contributed by atoms with Crippen molar-refractivity contribution in [2.75, 3.05) is 21.3 Å². The van der Waals surface area contributed by atoms with Crippen molar-refractivity contribution in [2.45, 2.75) is 13.5 Å². The topological polar surface area (TPSA) is 30.5 Å². The fourth-order valence-corrected chi connectivity index (χ4v) is 2.34. The van der Waals surface area contributed by atoms with Gasteiger partial charge in [0, 0.05) is 6.54 Å². The van der Waals surface area contributed by atoms with Gasteiger partial charge < -0.3 is 14.8 Å². The Labute approximate surface area is 120 Å². The van der Waals surface area contributed by atoms with Crippen LogP contribution in [0.2, 0.25) is 0 Å². The summed E-state index contributed by atoms with van der Waals surface area (Å²) in [4.78, 5) is 0. The number of methoxy groups -OCH3 is 2. The SMILES string of the molecule is CNCc1cc(OC)c(OC)cc1-c1cccc(C)c1. The Morgan fingerprint density at radius 3 is 2.30 bits per heavy atom. The highest BCUT2D eigenvalue weighted by Gasteiger charge is 2.12. The fraction of sp³-hybridized carbons (Fsp3) is 0.294. The molecule has 0 saturated carbocycles. The minimum Gasteiger partial charge on any atom is -0.493 e. The summed E-state index contributed by atoms with van der Waals surface area (Å²) in [5.74, 6) is 1.51. The lowest BCUT2D eigenvalue weighted by atomic mass is 9.97. The molecule has 0 amide bonds. The molecule has 3 nitrogen and oxygen atoms in total. The summed E-state index contributed by atoms with van der Waals surface area (Å²) >= 11 is 0. The monoisotopic (exact) mass is 271 g/mol. The number of benzene rings is 2. The van der Waals surface area contributed by atoms with Crippen molar-refractivity contribution in [3.05, 3.63) is 47.5 Å². The molecule has 0 radical (unpaired) electrons. The zero-order valence-electron chi connectivity index (χ0n) is 12.5. The Bertz CT molecular complexity index is 594. The standard InChI is InChI=1S/C17H21NO2/c1-12-6-5-7-13(8-12)15-10-17(20-4)16(19-3)9-14(15)11-18-2/h5-10,18H,11H2,1-4H3.